The average molecular weight is 472 g/mol. The monoisotopic (exact) mass is 471 g/mol. The van der Waals surface area contributed by atoms with E-state index in [4.69, 9.17) is 10.1 Å². The van der Waals surface area contributed by atoms with E-state index in [1.165, 1.54) is 12.1 Å². The Hall–Kier alpha value is -3.05. The molecule has 3 heterocycles. The highest BCUT2D eigenvalue weighted by atomic mass is 32.2. The van der Waals surface area contributed by atoms with Crippen LogP contribution < -0.4 is 15.5 Å². The molecule has 1 aliphatic carbocycles. The van der Waals surface area contributed by atoms with Gasteiger partial charge >= 0.3 is 0 Å². The Kier molecular flexibility index (Phi) is 5.13. The Labute approximate surface area is 191 Å². The number of nitrogens with two attached hydrogens (primary N) is 1. The summed E-state index contributed by atoms with van der Waals surface area (Å²) in [5.74, 6) is 0.775. The van der Waals surface area contributed by atoms with E-state index in [0.717, 1.165) is 30.5 Å². The molecule has 2 aromatic heterocycles. The lowest BCUT2D eigenvalue weighted by molar-refractivity contribution is 0.261. The van der Waals surface area contributed by atoms with Crippen LogP contribution in [0.5, 0.6) is 0 Å². The van der Waals surface area contributed by atoms with Crippen LogP contribution in [0.2, 0.25) is 0 Å². The zero-order chi connectivity index (χ0) is 23.4. The van der Waals surface area contributed by atoms with Gasteiger partial charge in [-0.2, -0.15) is 9.37 Å². The first kappa shape index (κ1) is 21.8. The van der Waals surface area contributed by atoms with Crippen molar-refractivity contribution < 1.29 is 12.8 Å². The van der Waals surface area contributed by atoms with Gasteiger partial charge < -0.3 is 5.32 Å². The molecule has 3 aromatic rings. The zero-order valence-corrected chi connectivity index (χ0v) is 19.3. The summed E-state index contributed by atoms with van der Waals surface area (Å²) >= 11 is 0. The third kappa shape index (κ3) is 3.65. The average Bonchev–Trinajstić information content (AvgIpc) is 3.16. The standard InChI is InChI=1S/C22H26FN7O2S/c1-14(2)30-18-12-15-13-25-21(26-16-6-8-17(9-7-16)33(24,31)32)27-19(15)29(18)22(20(23)28-30)10-4-3-5-11-22/h6-9,12-14H,3-5,10-11H2,1-2H3,(H2,24,31,32)(H,25,26,27). The number of hydrogen-bond acceptors (Lipinski definition) is 7. The van der Waals surface area contributed by atoms with Crippen molar-refractivity contribution in [1.29, 1.82) is 0 Å². The van der Waals surface area contributed by atoms with Crippen molar-refractivity contribution in [2.45, 2.75) is 62.4 Å². The lowest BCUT2D eigenvalue weighted by atomic mass is 9.81. The molecule has 0 unspecified atom stereocenters. The second-order valence-corrected chi connectivity index (χ2v) is 10.5. The number of primary sulfonamides is 1. The van der Waals surface area contributed by atoms with E-state index in [1.807, 2.05) is 24.5 Å². The number of hydrogen-bond donors (Lipinski definition) is 2. The molecule has 1 aromatic carbocycles. The summed E-state index contributed by atoms with van der Waals surface area (Å²) in [6, 6.07) is 7.96. The fourth-order valence-electron chi connectivity index (χ4n) is 4.76. The van der Waals surface area contributed by atoms with Gasteiger partial charge in [-0.05, 0) is 57.0 Å². The van der Waals surface area contributed by atoms with Crippen molar-refractivity contribution in [1.82, 2.24) is 14.5 Å². The highest BCUT2D eigenvalue weighted by Crippen LogP contribution is 2.46. The lowest BCUT2D eigenvalue weighted by Gasteiger charge is -2.43. The SMILES string of the molecule is CC(C)N1N=C(F)C2(CCCCC2)n2c1cc1cnc(Nc3ccc(S(N)(=O)=O)cc3)nc12. The summed E-state index contributed by atoms with van der Waals surface area (Å²) < 4.78 is 40.5. The van der Waals surface area contributed by atoms with Gasteiger partial charge in [0, 0.05) is 23.3 Å². The minimum absolute atomic E-state index is 0.0212. The molecule has 9 nitrogen and oxygen atoms in total. The van der Waals surface area contributed by atoms with E-state index in [2.05, 4.69) is 15.4 Å². The molecule has 33 heavy (non-hydrogen) atoms. The zero-order valence-electron chi connectivity index (χ0n) is 18.5. The predicted molar refractivity (Wildman–Crippen MR) is 126 cm³/mol. The molecule has 174 valence electrons. The van der Waals surface area contributed by atoms with E-state index in [1.54, 1.807) is 23.3 Å². The number of aromatic nitrogens is 3. The number of hydrazone groups is 1. The number of nitrogens with zero attached hydrogens (tertiary/aromatic N) is 5. The third-order valence-corrected chi connectivity index (χ3v) is 7.30. The molecule has 1 saturated carbocycles. The van der Waals surface area contributed by atoms with Crippen LogP contribution in [-0.4, -0.2) is 35.0 Å². The van der Waals surface area contributed by atoms with Gasteiger partial charge in [-0.15, -0.1) is 5.10 Å². The van der Waals surface area contributed by atoms with E-state index < -0.39 is 15.6 Å². The molecule has 0 radical (unpaired) electrons. The minimum Gasteiger partial charge on any atom is -0.324 e. The van der Waals surface area contributed by atoms with Gasteiger partial charge in [0.25, 0.3) is 0 Å². The summed E-state index contributed by atoms with van der Waals surface area (Å²) in [7, 11) is -3.77. The molecule has 0 bridgehead atoms. The van der Waals surface area contributed by atoms with E-state index in [0.29, 0.717) is 30.1 Å². The van der Waals surface area contributed by atoms with Gasteiger partial charge in [-0.25, -0.2) is 23.5 Å². The first-order chi connectivity index (χ1) is 15.7. The van der Waals surface area contributed by atoms with Crippen LogP contribution in [0.1, 0.15) is 46.0 Å². The van der Waals surface area contributed by atoms with Crippen LogP contribution in [0.25, 0.3) is 11.0 Å². The van der Waals surface area contributed by atoms with Gasteiger partial charge in [0.2, 0.25) is 21.9 Å². The first-order valence-corrected chi connectivity index (χ1v) is 12.6. The second-order valence-electron chi connectivity index (χ2n) is 8.93. The van der Waals surface area contributed by atoms with Crippen LogP contribution in [0.3, 0.4) is 0 Å². The fraction of sp³-hybridized carbons (Fsp3) is 0.409. The van der Waals surface area contributed by atoms with Crippen molar-refractivity contribution >= 4 is 44.5 Å². The molecule has 1 spiro atoms. The van der Waals surface area contributed by atoms with E-state index >= 15 is 4.39 Å². The molecular formula is C22H26FN7O2S. The largest absolute Gasteiger partial charge is 0.324 e. The van der Waals surface area contributed by atoms with Crippen LogP contribution >= 0.6 is 0 Å². The molecular weight excluding hydrogens is 445 g/mol. The van der Waals surface area contributed by atoms with Crippen LogP contribution in [0.15, 0.2) is 46.5 Å². The van der Waals surface area contributed by atoms with Crippen molar-refractivity contribution in [3.8, 4) is 0 Å². The maximum Gasteiger partial charge on any atom is 0.238 e. The first-order valence-electron chi connectivity index (χ1n) is 11.0. The van der Waals surface area contributed by atoms with Crippen molar-refractivity contribution in [2.24, 2.45) is 10.2 Å². The fourth-order valence-corrected chi connectivity index (χ4v) is 5.28. The number of halogens is 1. The number of nitrogens with one attached hydrogen (secondary N) is 1. The van der Waals surface area contributed by atoms with Gasteiger partial charge in [0.1, 0.15) is 17.0 Å². The van der Waals surface area contributed by atoms with Crippen LogP contribution in [0, 0.1) is 0 Å². The number of fused-ring (bicyclic) bond motifs is 4. The number of anilines is 3. The Morgan fingerprint density at radius 2 is 1.85 bits per heavy atom. The van der Waals surface area contributed by atoms with Crippen LogP contribution in [0.4, 0.5) is 21.8 Å². The number of rotatable bonds is 4. The van der Waals surface area contributed by atoms with Gasteiger partial charge in [-0.3, -0.25) is 4.57 Å². The van der Waals surface area contributed by atoms with Crippen molar-refractivity contribution in [3.63, 3.8) is 0 Å². The summed E-state index contributed by atoms with van der Waals surface area (Å²) in [5, 5.41) is 15.1. The quantitative estimate of drug-likeness (QED) is 0.594. The molecule has 5 rings (SSSR count). The molecule has 11 heteroatoms. The predicted octanol–water partition coefficient (Wildman–Crippen LogP) is 3.99. The normalized spacial score (nSPS) is 18.0. The van der Waals surface area contributed by atoms with Gasteiger partial charge in [0.05, 0.1) is 4.90 Å². The van der Waals surface area contributed by atoms with Crippen LogP contribution in [-0.2, 0) is 15.6 Å². The smallest absolute Gasteiger partial charge is 0.238 e. The van der Waals surface area contributed by atoms with E-state index in [-0.39, 0.29) is 16.9 Å². The minimum atomic E-state index is -3.77. The van der Waals surface area contributed by atoms with Gasteiger partial charge in [-0.1, -0.05) is 19.3 Å². The molecule has 3 N–H and O–H groups in total. The van der Waals surface area contributed by atoms with Crippen molar-refractivity contribution in [3.05, 3.63) is 36.5 Å². The molecule has 0 saturated heterocycles. The Morgan fingerprint density at radius 3 is 2.48 bits per heavy atom. The van der Waals surface area contributed by atoms with Gasteiger partial charge in [0.15, 0.2) is 0 Å². The maximum absolute atomic E-state index is 15.6. The third-order valence-electron chi connectivity index (χ3n) is 6.37. The van der Waals surface area contributed by atoms with E-state index in [9.17, 15) is 8.42 Å². The summed E-state index contributed by atoms with van der Waals surface area (Å²) in [5.41, 5.74) is 0.418. The molecule has 1 aliphatic heterocycles. The molecule has 0 atom stereocenters. The lowest BCUT2D eigenvalue weighted by Crippen LogP contribution is -2.48. The topological polar surface area (TPSA) is 118 Å². The number of sulfonamides is 1. The molecule has 0 amide bonds. The summed E-state index contributed by atoms with van der Waals surface area (Å²) in [4.78, 5) is 9.17. The van der Waals surface area contributed by atoms with Crippen molar-refractivity contribution in [2.75, 3.05) is 10.3 Å². The Morgan fingerprint density at radius 1 is 1.15 bits per heavy atom. The highest BCUT2D eigenvalue weighted by molar-refractivity contribution is 7.89. The number of benzene rings is 1. The highest BCUT2D eigenvalue weighted by Gasteiger charge is 2.46. The molecule has 2 aliphatic rings. The summed E-state index contributed by atoms with van der Waals surface area (Å²) in [6.45, 7) is 3.95. The summed E-state index contributed by atoms with van der Waals surface area (Å²) in [6.07, 6.45) is 5.99. The maximum atomic E-state index is 15.6. The second kappa shape index (κ2) is 7.77. The Bertz CT molecular complexity index is 1340. The molecule has 1 fully saturated rings. The Balaban J connectivity index is 1.59.